The Morgan fingerprint density at radius 1 is 1.27 bits per heavy atom. The minimum absolute atomic E-state index is 0.202. The van der Waals surface area contributed by atoms with Gasteiger partial charge in [0.05, 0.1) is 12.6 Å². The standard InChI is InChI=1S/C19H20F2N4O/c1-13(12-24-14(2)5-7-22-24)3-4-19(26)25-18(6-8-23-25)15-9-16(20)11-17(21)10-15/h5,7-11,18H,1,3-4,6,12H2,2H3. The molecule has 0 N–H and O–H groups in total. The molecule has 0 fully saturated rings. The van der Waals surface area contributed by atoms with Crippen molar-refractivity contribution in [2.24, 2.45) is 5.10 Å². The highest BCUT2D eigenvalue weighted by Gasteiger charge is 2.28. The second kappa shape index (κ2) is 7.59. The van der Waals surface area contributed by atoms with Gasteiger partial charge in [0.1, 0.15) is 11.6 Å². The summed E-state index contributed by atoms with van der Waals surface area (Å²) in [5, 5.41) is 9.59. The normalized spacial score (nSPS) is 16.3. The first kappa shape index (κ1) is 18.0. The van der Waals surface area contributed by atoms with Crippen molar-refractivity contribution in [2.75, 3.05) is 0 Å². The number of aryl methyl sites for hydroxylation is 1. The van der Waals surface area contributed by atoms with Crippen LogP contribution >= 0.6 is 0 Å². The van der Waals surface area contributed by atoms with Crippen molar-refractivity contribution in [3.63, 3.8) is 0 Å². The molecule has 5 nitrogen and oxygen atoms in total. The summed E-state index contributed by atoms with van der Waals surface area (Å²) < 4.78 is 28.8. The molecule has 26 heavy (non-hydrogen) atoms. The summed E-state index contributed by atoms with van der Waals surface area (Å²) in [6.45, 7) is 6.50. The molecule has 2 heterocycles. The van der Waals surface area contributed by atoms with E-state index in [4.69, 9.17) is 0 Å². The lowest BCUT2D eigenvalue weighted by Gasteiger charge is -2.22. The summed E-state index contributed by atoms with van der Waals surface area (Å²) in [7, 11) is 0. The maximum absolute atomic E-state index is 13.5. The number of nitrogens with zero attached hydrogens (tertiary/aromatic N) is 4. The summed E-state index contributed by atoms with van der Waals surface area (Å²) in [4.78, 5) is 12.5. The second-order valence-corrected chi connectivity index (χ2v) is 6.37. The first-order chi connectivity index (χ1) is 12.4. The van der Waals surface area contributed by atoms with E-state index < -0.39 is 17.7 Å². The Labute approximate surface area is 150 Å². The highest BCUT2D eigenvalue weighted by molar-refractivity contribution is 5.80. The quantitative estimate of drug-likeness (QED) is 0.738. The summed E-state index contributed by atoms with van der Waals surface area (Å²) in [6, 6.07) is 4.71. The fraction of sp³-hybridized carbons (Fsp3) is 0.316. The highest BCUT2D eigenvalue weighted by atomic mass is 19.1. The molecule has 1 aromatic heterocycles. The molecule has 3 rings (SSSR count). The van der Waals surface area contributed by atoms with E-state index >= 15 is 0 Å². The number of hydrogen-bond donors (Lipinski definition) is 0. The van der Waals surface area contributed by atoms with Crippen LogP contribution in [0.1, 0.15) is 36.6 Å². The predicted octanol–water partition coefficient (Wildman–Crippen LogP) is 3.77. The highest BCUT2D eigenvalue weighted by Crippen LogP contribution is 2.30. The average Bonchev–Trinajstić information content (AvgIpc) is 3.21. The van der Waals surface area contributed by atoms with Crippen molar-refractivity contribution in [1.29, 1.82) is 0 Å². The molecule has 0 radical (unpaired) electrons. The van der Waals surface area contributed by atoms with Gasteiger partial charge in [0, 0.05) is 37.0 Å². The number of halogens is 2. The number of benzene rings is 1. The van der Waals surface area contributed by atoms with Crippen molar-refractivity contribution in [3.8, 4) is 0 Å². The van der Waals surface area contributed by atoms with Gasteiger partial charge < -0.3 is 0 Å². The summed E-state index contributed by atoms with van der Waals surface area (Å²) in [5.41, 5.74) is 2.30. The Morgan fingerprint density at radius 2 is 2.00 bits per heavy atom. The fourth-order valence-electron chi connectivity index (χ4n) is 2.95. The maximum atomic E-state index is 13.5. The summed E-state index contributed by atoms with van der Waals surface area (Å²) in [6.07, 6.45) is 4.46. The monoisotopic (exact) mass is 358 g/mol. The van der Waals surface area contributed by atoms with E-state index in [-0.39, 0.29) is 12.3 Å². The van der Waals surface area contributed by atoms with Crippen LogP contribution in [0.15, 0.2) is 47.7 Å². The van der Waals surface area contributed by atoms with Gasteiger partial charge in [-0.05, 0) is 37.1 Å². The van der Waals surface area contributed by atoms with Crippen LogP contribution in [0.2, 0.25) is 0 Å². The molecule has 0 saturated carbocycles. The number of rotatable bonds is 6. The number of hydrogen-bond acceptors (Lipinski definition) is 3. The van der Waals surface area contributed by atoms with Gasteiger partial charge in [0.2, 0.25) is 5.91 Å². The Morgan fingerprint density at radius 3 is 2.65 bits per heavy atom. The maximum Gasteiger partial charge on any atom is 0.243 e. The molecule has 1 amide bonds. The molecule has 1 aromatic carbocycles. The SMILES string of the molecule is C=C(CCC(=O)N1N=CCC1c1cc(F)cc(F)c1)Cn1nccc1C. The van der Waals surface area contributed by atoms with Crippen molar-refractivity contribution >= 4 is 12.1 Å². The van der Waals surface area contributed by atoms with Gasteiger partial charge in [-0.3, -0.25) is 9.48 Å². The van der Waals surface area contributed by atoms with E-state index in [9.17, 15) is 13.6 Å². The molecule has 0 spiro atoms. The molecule has 7 heteroatoms. The van der Waals surface area contributed by atoms with Crippen LogP contribution in [0.4, 0.5) is 8.78 Å². The van der Waals surface area contributed by atoms with E-state index in [2.05, 4.69) is 16.8 Å². The number of carbonyl (C=O) groups is 1. The molecule has 1 aliphatic heterocycles. The second-order valence-electron chi connectivity index (χ2n) is 6.37. The number of aromatic nitrogens is 2. The molecule has 1 aliphatic rings. The van der Waals surface area contributed by atoms with Gasteiger partial charge in [-0.1, -0.05) is 12.2 Å². The number of allylic oxidation sites excluding steroid dienone is 1. The lowest BCUT2D eigenvalue weighted by molar-refractivity contribution is -0.133. The lowest BCUT2D eigenvalue weighted by atomic mass is 10.0. The van der Waals surface area contributed by atoms with Gasteiger partial charge >= 0.3 is 0 Å². The molecule has 1 atom stereocenters. The molecular weight excluding hydrogens is 338 g/mol. The molecule has 0 bridgehead atoms. The summed E-state index contributed by atoms with van der Waals surface area (Å²) >= 11 is 0. The fourth-order valence-corrected chi connectivity index (χ4v) is 2.95. The third kappa shape index (κ3) is 4.04. The third-order valence-electron chi connectivity index (χ3n) is 4.35. The zero-order valence-corrected chi connectivity index (χ0v) is 14.5. The lowest BCUT2D eigenvalue weighted by Crippen LogP contribution is -2.27. The average molecular weight is 358 g/mol. The van der Waals surface area contributed by atoms with Crippen molar-refractivity contribution in [1.82, 2.24) is 14.8 Å². The molecular formula is C19H20F2N4O. The topological polar surface area (TPSA) is 50.5 Å². The Bertz CT molecular complexity index is 839. The molecule has 2 aromatic rings. The third-order valence-corrected chi connectivity index (χ3v) is 4.35. The van der Waals surface area contributed by atoms with Crippen LogP contribution < -0.4 is 0 Å². The van der Waals surface area contributed by atoms with Crippen molar-refractivity contribution in [3.05, 3.63) is 65.5 Å². The van der Waals surface area contributed by atoms with Gasteiger partial charge in [-0.15, -0.1) is 0 Å². The first-order valence-electron chi connectivity index (χ1n) is 8.39. The minimum Gasteiger partial charge on any atom is -0.273 e. The Balaban J connectivity index is 1.60. The molecule has 0 aliphatic carbocycles. The van der Waals surface area contributed by atoms with E-state index in [1.165, 1.54) is 17.1 Å². The van der Waals surface area contributed by atoms with E-state index in [0.717, 1.165) is 17.3 Å². The van der Waals surface area contributed by atoms with Crippen LogP contribution in [-0.4, -0.2) is 26.9 Å². The van der Waals surface area contributed by atoms with Gasteiger partial charge in [-0.25, -0.2) is 13.8 Å². The molecule has 1 unspecified atom stereocenters. The smallest absolute Gasteiger partial charge is 0.243 e. The predicted molar refractivity (Wildman–Crippen MR) is 94.4 cm³/mol. The van der Waals surface area contributed by atoms with Gasteiger partial charge in [-0.2, -0.15) is 10.2 Å². The van der Waals surface area contributed by atoms with Crippen LogP contribution in [0, 0.1) is 18.6 Å². The Kier molecular flexibility index (Phi) is 5.25. The number of carbonyl (C=O) groups excluding carboxylic acids is 1. The van der Waals surface area contributed by atoms with Gasteiger partial charge in [0.25, 0.3) is 0 Å². The summed E-state index contributed by atoms with van der Waals surface area (Å²) in [5.74, 6) is -1.53. The minimum atomic E-state index is -0.665. The zero-order chi connectivity index (χ0) is 18.7. The molecule has 136 valence electrons. The first-order valence-corrected chi connectivity index (χ1v) is 8.39. The molecule has 0 saturated heterocycles. The van der Waals surface area contributed by atoms with Crippen LogP contribution in [-0.2, 0) is 11.3 Å². The number of amides is 1. The zero-order valence-electron chi connectivity index (χ0n) is 14.5. The van der Waals surface area contributed by atoms with E-state index in [1.807, 2.05) is 17.7 Å². The number of hydrazone groups is 1. The van der Waals surface area contributed by atoms with Crippen LogP contribution in [0.5, 0.6) is 0 Å². The van der Waals surface area contributed by atoms with Gasteiger partial charge in [0.15, 0.2) is 0 Å². The van der Waals surface area contributed by atoms with Crippen molar-refractivity contribution in [2.45, 2.75) is 38.8 Å². The van der Waals surface area contributed by atoms with Crippen molar-refractivity contribution < 1.29 is 13.6 Å². The van der Waals surface area contributed by atoms with E-state index in [0.29, 0.717) is 24.9 Å². The van der Waals surface area contributed by atoms with E-state index in [1.54, 1.807) is 12.4 Å². The largest absolute Gasteiger partial charge is 0.273 e. The Hall–Kier alpha value is -2.83. The van der Waals surface area contributed by atoms with Crippen LogP contribution in [0.3, 0.4) is 0 Å². The van der Waals surface area contributed by atoms with Crippen LogP contribution in [0.25, 0.3) is 0 Å².